The van der Waals surface area contributed by atoms with Gasteiger partial charge in [0.2, 0.25) is 0 Å². The summed E-state index contributed by atoms with van der Waals surface area (Å²) in [7, 11) is 0. The van der Waals surface area contributed by atoms with Gasteiger partial charge in [-0.25, -0.2) is 0 Å². The molecule has 10 heteroatoms. The molecule has 1 aliphatic rings. The van der Waals surface area contributed by atoms with Crippen LogP contribution in [0.15, 0.2) is 0 Å². The summed E-state index contributed by atoms with van der Waals surface area (Å²) in [5.41, 5.74) is 0. The normalized spacial score (nSPS) is 29.3. The Labute approximate surface area is 147 Å². The van der Waals surface area contributed by atoms with Gasteiger partial charge in [-0.3, -0.25) is 19.2 Å². The number of ether oxygens (including phenoxy) is 5. The van der Waals surface area contributed by atoms with Gasteiger partial charge in [0.1, 0.15) is 12.7 Å². The Morgan fingerprint density at radius 2 is 1.25 bits per heavy atom. The first kappa shape index (κ1) is 20.4. The minimum atomic E-state index is -1.13. The van der Waals surface area contributed by atoms with E-state index in [4.69, 9.17) is 23.7 Å². The van der Waals surface area contributed by atoms with Crippen LogP contribution < -0.4 is 0 Å². The van der Waals surface area contributed by atoms with Crippen molar-refractivity contribution in [1.29, 1.82) is 0 Å². The quantitative estimate of drug-likeness (QED) is 0.362. The van der Waals surface area contributed by atoms with E-state index < -0.39 is 53.3 Å². The highest BCUT2D eigenvalue weighted by atomic mass is 79.9. The first-order chi connectivity index (χ1) is 11.1. The van der Waals surface area contributed by atoms with Crippen molar-refractivity contribution in [3.05, 3.63) is 0 Å². The molecule has 0 unspecified atom stereocenters. The van der Waals surface area contributed by atoms with Crippen LogP contribution in [-0.4, -0.2) is 59.9 Å². The zero-order chi connectivity index (χ0) is 18.4. The maximum atomic E-state index is 11.4. The van der Waals surface area contributed by atoms with E-state index in [-0.39, 0.29) is 6.61 Å². The zero-order valence-electron chi connectivity index (χ0n) is 13.6. The lowest BCUT2D eigenvalue weighted by Gasteiger charge is -2.42. The molecule has 0 bridgehead atoms. The number of halogens is 1. The van der Waals surface area contributed by atoms with Crippen LogP contribution in [0.3, 0.4) is 0 Å². The van der Waals surface area contributed by atoms with Gasteiger partial charge in [0.15, 0.2) is 23.3 Å². The van der Waals surface area contributed by atoms with E-state index in [1.807, 2.05) is 0 Å². The second-order valence-corrected chi connectivity index (χ2v) is 5.95. The highest BCUT2D eigenvalue weighted by molar-refractivity contribution is 9.09. The van der Waals surface area contributed by atoms with Crippen molar-refractivity contribution in [3.8, 4) is 0 Å². The Morgan fingerprint density at radius 1 is 0.792 bits per heavy atom. The molecule has 0 amide bonds. The molecule has 0 N–H and O–H groups in total. The second kappa shape index (κ2) is 8.97. The molecule has 1 rings (SSSR count). The molecule has 9 nitrogen and oxygen atoms in total. The third-order valence-corrected chi connectivity index (χ3v) is 3.67. The molecule has 24 heavy (non-hydrogen) atoms. The molecular formula is C14H19BrO9. The van der Waals surface area contributed by atoms with E-state index in [2.05, 4.69) is 15.9 Å². The lowest BCUT2D eigenvalue weighted by molar-refractivity contribution is -0.236. The van der Waals surface area contributed by atoms with E-state index in [0.29, 0.717) is 0 Å². The Balaban J connectivity index is 3.11. The van der Waals surface area contributed by atoms with Crippen molar-refractivity contribution in [2.45, 2.75) is 57.1 Å². The average Bonchev–Trinajstić information content (AvgIpc) is 2.42. The monoisotopic (exact) mass is 410 g/mol. The molecular weight excluding hydrogens is 392 g/mol. The molecule has 0 aromatic rings. The molecule has 1 saturated heterocycles. The van der Waals surface area contributed by atoms with Crippen molar-refractivity contribution in [3.63, 3.8) is 0 Å². The Bertz CT molecular complexity index is 506. The molecule has 5 atom stereocenters. The largest absolute Gasteiger partial charge is 0.463 e. The van der Waals surface area contributed by atoms with E-state index in [0.717, 1.165) is 13.8 Å². The van der Waals surface area contributed by atoms with Gasteiger partial charge in [0, 0.05) is 27.7 Å². The minimum Gasteiger partial charge on any atom is -0.463 e. The number of carbonyl (C=O) groups excluding carboxylic acids is 4. The minimum absolute atomic E-state index is 0.236. The maximum Gasteiger partial charge on any atom is 0.303 e. The third kappa shape index (κ3) is 6.08. The molecule has 1 aliphatic heterocycles. The summed E-state index contributed by atoms with van der Waals surface area (Å²) < 4.78 is 25.9. The van der Waals surface area contributed by atoms with Crippen molar-refractivity contribution < 1.29 is 42.9 Å². The number of carbonyl (C=O) groups is 4. The van der Waals surface area contributed by atoms with Gasteiger partial charge in [-0.05, 0) is 0 Å². The summed E-state index contributed by atoms with van der Waals surface area (Å²) in [5, 5.41) is -0.863. The molecule has 136 valence electrons. The zero-order valence-corrected chi connectivity index (χ0v) is 15.2. The summed E-state index contributed by atoms with van der Waals surface area (Å²) in [6.07, 6.45) is -4.22. The summed E-state index contributed by atoms with van der Waals surface area (Å²) in [5.74, 6) is -2.52. The highest BCUT2D eigenvalue weighted by Gasteiger charge is 2.51. The van der Waals surface area contributed by atoms with Crippen molar-refractivity contribution in [1.82, 2.24) is 0 Å². The van der Waals surface area contributed by atoms with Gasteiger partial charge in [0.25, 0.3) is 0 Å². The van der Waals surface area contributed by atoms with E-state index in [1.165, 1.54) is 13.8 Å². The molecule has 1 fully saturated rings. The van der Waals surface area contributed by atoms with Crippen LogP contribution in [0, 0.1) is 0 Å². The number of hydrogen-bond donors (Lipinski definition) is 0. The van der Waals surface area contributed by atoms with Gasteiger partial charge in [-0.15, -0.1) is 0 Å². The lowest BCUT2D eigenvalue weighted by atomic mass is 9.99. The van der Waals surface area contributed by atoms with Crippen LogP contribution in [0.25, 0.3) is 0 Å². The van der Waals surface area contributed by atoms with Gasteiger partial charge in [0.05, 0.1) is 0 Å². The SMILES string of the molecule is CC(=O)OC[C@H]1O[C@H](Br)[C@H](OC(C)=O)[C@H](OC(C)=O)[C@@H]1OC(C)=O. The topological polar surface area (TPSA) is 114 Å². The average molecular weight is 411 g/mol. The van der Waals surface area contributed by atoms with E-state index >= 15 is 0 Å². The predicted octanol–water partition coefficient (Wildman–Crippen LogP) is 0.464. The van der Waals surface area contributed by atoms with Gasteiger partial charge in [-0.2, -0.15) is 0 Å². The summed E-state index contributed by atoms with van der Waals surface area (Å²) >= 11 is 3.18. The van der Waals surface area contributed by atoms with Crippen molar-refractivity contribution in [2.75, 3.05) is 6.61 Å². The van der Waals surface area contributed by atoms with Crippen LogP contribution in [0.4, 0.5) is 0 Å². The van der Waals surface area contributed by atoms with E-state index in [9.17, 15) is 19.2 Å². The van der Waals surface area contributed by atoms with Gasteiger partial charge in [-0.1, -0.05) is 15.9 Å². The van der Waals surface area contributed by atoms with Crippen LogP contribution in [-0.2, 0) is 42.9 Å². The van der Waals surface area contributed by atoms with Crippen molar-refractivity contribution >= 4 is 39.8 Å². The van der Waals surface area contributed by atoms with Gasteiger partial charge >= 0.3 is 23.9 Å². The van der Waals surface area contributed by atoms with E-state index in [1.54, 1.807) is 0 Å². The molecule has 0 spiro atoms. The van der Waals surface area contributed by atoms with Crippen LogP contribution >= 0.6 is 15.9 Å². The van der Waals surface area contributed by atoms with Crippen LogP contribution in [0.5, 0.6) is 0 Å². The maximum absolute atomic E-state index is 11.4. The lowest BCUT2D eigenvalue weighted by Crippen LogP contribution is -2.60. The first-order valence-corrected chi connectivity index (χ1v) is 7.98. The summed E-state index contributed by atoms with van der Waals surface area (Å²) in [4.78, 5) is 45.1. The summed E-state index contributed by atoms with van der Waals surface area (Å²) in [6, 6.07) is 0. The molecule has 0 radical (unpaired) electrons. The molecule has 0 aromatic carbocycles. The number of esters is 4. The fourth-order valence-corrected chi connectivity index (χ4v) is 2.86. The number of hydrogen-bond acceptors (Lipinski definition) is 9. The molecule has 0 saturated carbocycles. The van der Waals surface area contributed by atoms with Crippen LogP contribution in [0.1, 0.15) is 27.7 Å². The fourth-order valence-electron chi connectivity index (χ4n) is 2.18. The molecule has 1 heterocycles. The molecule has 0 aliphatic carbocycles. The standard InChI is InChI=1S/C14H19BrO9/c1-6(16)20-5-10-11(21-7(2)17)12(22-8(3)18)13(14(15)24-10)23-9(4)19/h10-14H,5H2,1-4H3/t10-,11-,12-,13-,14+/m1/s1. The Hall–Kier alpha value is -1.68. The fraction of sp³-hybridized carbons (Fsp3) is 0.714. The highest BCUT2D eigenvalue weighted by Crippen LogP contribution is 2.31. The smallest absolute Gasteiger partial charge is 0.303 e. The third-order valence-electron chi connectivity index (χ3n) is 2.93. The summed E-state index contributed by atoms with van der Waals surface area (Å²) in [6.45, 7) is 4.47. The van der Waals surface area contributed by atoms with Crippen LogP contribution in [0.2, 0.25) is 0 Å². The molecule has 0 aromatic heterocycles. The Morgan fingerprint density at radius 3 is 1.71 bits per heavy atom. The Kier molecular flexibility index (Phi) is 7.61. The second-order valence-electron chi connectivity index (χ2n) is 5.05. The first-order valence-electron chi connectivity index (χ1n) is 7.06. The number of alkyl halides is 1. The van der Waals surface area contributed by atoms with Gasteiger partial charge < -0.3 is 23.7 Å². The number of rotatable bonds is 5. The van der Waals surface area contributed by atoms with Crippen molar-refractivity contribution in [2.24, 2.45) is 0 Å². The predicted molar refractivity (Wildman–Crippen MR) is 80.9 cm³/mol.